The Kier molecular flexibility index (Phi) is 4.03. The minimum Gasteiger partial charge on any atom is -0.333 e. The monoisotopic (exact) mass is 305 g/mol. The standard InChI is InChI=1S/C12H11N5OS2/c18-10(16-12-17-13-5-6-19-12)7-20-11-14-8-3-1-2-4-9(8)15-11/h1-5H,6-7H2,(H,14,15)(H,16,17,18). The Morgan fingerprint density at radius 1 is 1.45 bits per heavy atom. The maximum atomic E-state index is 11.8. The van der Waals surface area contributed by atoms with Gasteiger partial charge in [-0.3, -0.25) is 4.79 Å². The summed E-state index contributed by atoms with van der Waals surface area (Å²) in [5.41, 5.74) is 1.87. The molecule has 1 aromatic heterocycles. The fourth-order valence-corrected chi connectivity index (χ4v) is 2.89. The molecular weight excluding hydrogens is 294 g/mol. The van der Waals surface area contributed by atoms with Crippen LogP contribution in [0, 0.1) is 0 Å². The highest BCUT2D eigenvalue weighted by Crippen LogP contribution is 2.18. The molecule has 0 fully saturated rings. The molecule has 0 bridgehead atoms. The van der Waals surface area contributed by atoms with Crippen LogP contribution in [-0.4, -0.2) is 38.8 Å². The number of benzene rings is 1. The average Bonchev–Trinajstić information content (AvgIpc) is 2.89. The highest BCUT2D eigenvalue weighted by atomic mass is 32.2. The summed E-state index contributed by atoms with van der Waals surface area (Å²) < 4.78 is 0. The summed E-state index contributed by atoms with van der Waals surface area (Å²) in [6, 6.07) is 7.77. The van der Waals surface area contributed by atoms with E-state index in [4.69, 9.17) is 0 Å². The van der Waals surface area contributed by atoms with Gasteiger partial charge in [-0.05, 0) is 12.1 Å². The number of hydrogen-bond acceptors (Lipinski definition) is 6. The fourth-order valence-electron chi connectivity index (χ4n) is 1.62. The van der Waals surface area contributed by atoms with Crippen LogP contribution >= 0.6 is 23.5 Å². The van der Waals surface area contributed by atoms with Gasteiger partial charge in [-0.1, -0.05) is 35.7 Å². The molecule has 1 aromatic carbocycles. The molecule has 0 saturated carbocycles. The number of nitrogens with one attached hydrogen (secondary N) is 2. The maximum Gasteiger partial charge on any atom is 0.236 e. The second-order valence-corrected chi connectivity index (χ2v) is 5.88. The molecular formula is C12H11N5OS2. The predicted octanol–water partition coefficient (Wildman–Crippen LogP) is 1.86. The van der Waals surface area contributed by atoms with Crippen LogP contribution in [0.3, 0.4) is 0 Å². The van der Waals surface area contributed by atoms with Crippen molar-refractivity contribution in [1.29, 1.82) is 0 Å². The number of rotatable bonds is 3. The van der Waals surface area contributed by atoms with Crippen LogP contribution in [-0.2, 0) is 4.79 Å². The van der Waals surface area contributed by atoms with Crippen LogP contribution in [0.1, 0.15) is 0 Å². The van der Waals surface area contributed by atoms with Gasteiger partial charge in [0.1, 0.15) is 0 Å². The predicted molar refractivity (Wildman–Crippen MR) is 83.3 cm³/mol. The van der Waals surface area contributed by atoms with E-state index in [0.29, 0.717) is 5.17 Å². The molecule has 2 heterocycles. The zero-order valence-electron chi connectivity index (χ0n) is 10.4. The number of carbonyl (C=O) groups is 1. The van der Waals surface area contributed by atoms with Crippen molar-refractivity contribution in [2.75, 3.05) is 11.5 Å². The number of aromatic nitrogens is 2. The zero-order chi connectivity index (χ0) is 13.8. The Bertz CT molecular complexity index is 661. The number of hydrogen-bond donors (Lipinski definition) is 2. The molecule has 2 aromatic rings. The first-order valence-electron chi connectivity index (χ1n) is 5.91. The quantitative estimate of drug-likeness (QED) is 0.848. The number of thioether (sulfide) groups is 2. The number of amides is 1. The van der Waals surface area contributed by atoms with E-state index in [1.54, 1.807) is 6.21 Å². The summed E-state index contributed by atoms with van der Waals surface area (Å²) >= 11 is 2.81. The third-order valence-corrected chi connectivity index (χ3v) is 4.12. The molecule has 102 valence electrons. The molecule has 1 aliphatic heterocycles. The van der Waals surface area contributed by atoms with E-state index in [9.17, 15) is 4.79 Å². The van der Waals surface area contributed by atoms with E-state index in [2.05, 4.69) is 25.5 Å². The highest BCUT2D eigenvalue weighted by Gasteiger charge is 2.10. The maximum absolute atomic E-state index is 11.8. The van der Waals surface area contributed by atoms with Gasteiger partial charge in [-0.2, -0.15) is 5.10 Å². The molecule has 0 unspecified atom stereocenters. The number of imidazole rings is 1. The highest BCUT2D eigenvalue weighted by molar-refractivity contribution is 8.14. The fraction of sp³-hybridized carbons (Fsp3) is 0.167. The number of amidine groups is 1. The molecule has 6 nitrogen and oxygen atoms in total. The van der Waals surface area contributed by atoms with Crippen molar-refractivity contribution >= 4 is 51.8 Å². The van der Waals surface area contributed by atoms with E-state index >= 15 is 0 Å². The Hall–Kier alpha value is -1.80. The van der Waals surface area contributed by atoms with Crippen LogP contribution in [0.15, 0.2) is 39.6 Å². The number of para-hydroxylation sites is 2. The van der Waals surface area contributed by atoms with Crippen molar-refractivity contribution in [2.45, 2.75) is 5.16 Å². The second kappa shape index (κ2) is 6.10. The first-order valence-corrected chi connectivity index (χ1v) is 7.88. The van der Waals surface area contributed by atoms with E-state index in [1.165, 1.54) is 23.5 Å². The first kappa shape index (κ1) is 13.2. The zero-order valence-corrected chi connectivity index (χ0v) is 12.0. The van der Waals surface area contributed by atoms with Gasteiger partial charge >= 0.3 is 0 Å². The Morgan fingerprint density at radius 3 is 3.15 bits per heavy atom. The molecule has 8 heteroatoms. The first-order chi connectivity index (χ1) is 9.81. The lowest BCUT2D eigenvalue weighted by molar-refractivity contribution is -0.117. The number of carbonyl (C=O) groups excluding carboxylic acids is 1. The molecule has 0 aliphatic carbocycles. The summed E-state index contributed by atoms with van der Waals surface area (Å²) in [4.78, 5) is 19.3. The van der Waals surface area contributed by atoms with Crippen LogP contribution in [0.4, 0.5) is 0 Å². The number of aromatic amines is 1. The second-order valence-electron chi connectivity index (χ2n) is 3.91. The molecule has 1 amide bonds. The molecule has 1 aliphatic rings. The van der Waals surface area contributed by atoms with Crippen LogP contribution in [0.2, 0.25) is 0 Å². The molecule has 0 spiro atoms. The van der Waals surface area contributed by atoms with Gasteiger partial charge in [0.05, 0.1) is 16.8 Å². The minimum absolute atomic E-state index is 0.112. The van der Waals surface area contributed by atoms with E-state index in [0.717, 1.165) is 21.9 Å². The normalized spacial score (nSPS) is 14.3. The van der Waals surface area contributed by atoms with Gasteiger partial charge in [-0.15, -0.1) is 5.10 Å². The summed E-state index contributed by atoms with van der Waals surface area (Å²) in [7, 11) is 0. The van der Waals surface area contributed by atoms with Gasteiger partial charge in [0.2, 0.25) is 5.91 Å². The molecule has 0 saturated heterocycles. The Balaban J connectivity index is 1.57. The van der Waals surface area contributed by atoms with E-state index < -0.39 is 0 Å². The molecule has 3 rings (SSSR count). The van der Waals surface area contributed by atoms with Crippen molar-refractivity contribution in [3.05, 3.63) is 24.3 Å². The van der Waals surface area contributed by atoms with Gasteiger partial charge in [0, 0.05) is 12.0 Å². The third kappa shape index (κ3) is 3.20. The van der Waals surface area contributed by atoms with Gasteiger partial charge in [0.25, 0.3) is 0 Å². The SMILES string of the molecule is O=C(CSc1nc2ccccc2[nH]1)NC1=NN=CCS1. The Labute approximate surface area is 123 Å². The van der Waals surface area contributed by atoms with Crippen molar-refractivity contribution in [2.24, 2.45) is 10.2 Å². The van der Waals surface area contributed by atoms with Crippen LogP contribution in [0.5, 0.6) is 0 Å². The number of nitrogens with zero attached hydrogens (tertiary/aromatic N) is 3. The molecule has 0 radical (unpaired) electrons. The Morgan fingerprint density at radius 2 is 2.35 bits per heavy atom. The lowest BCUT2D eigenvalue weighted by Crippen LogP contribution is -2.30. The largest absolute Gasteiger partial charge is 0.333 e. The minimum atomic E-state index is -0.112. The van der Waals surface area contributed by atoms with Gasteiger partial charge in [0.15, 0.2) is 10.3 Å². The topological polar surface area (TPSA) is 82.5 Å². The van der Waals surface area contributed by atoms with Gasteiger partial charge < -0.3 is 10.3 Å². The van der Waals surface area contributed by atoms with Crippen molar-refractivity contribution < 1.29 is 4.79 Å². The summed E-state index contributed by atoms with van der Waals surface area (Å²) in [5, 5.41) is 11.6. The van der Waals surface area contributed by atoms with Gasteiger partial charge in [-0.25, -0.2) is 4.98 Å². The lowest BCUT2D eigenvalue weighted by atomic mass is 10.3. The third-order valence-electron chi connectivity index (χ3n) is 2.48. The van der Waals surface area contributed by atoms with Crippen LogP contribution < -0.4 is 5.32 Å². The lowest BCUT2D eigenvalue weighted by Gasteiger charge is -2.06. The molecule has 20 heavy (non-hydrogen) atoms. The van der Waals surface area contributed by atoms with Crippen LogP contribution in [0.25, 0.3) is 11.0 Å². The molecule has 0 atom stereocenters. The van der Waals surface area contributed by atoms with E-state index in [1.807, 2.05) is 24.3 Å². The smallest absolute Gasteiger partial charge is 0.236 e. The van der Waals surface area contributed by atoms with Crippen molar-refractivity contribution in [3.8, 4) is 0 Å². The number of H-pyrrole nitrogens is 1. The van der Waals surface area contributed by atoms with Crippen molar-refractivity contribution in [3.63, 3.8) is 0 Å². The van der Waals surface area contributed by atoms with E-state index in [-0.39, 0.29) is 11.7 Å². The van der Waals surface area contributed by atoms with Crippen molar-refractivity contribution in [1.82, 2.24) is 15.3 Å². The average molecular weight is 305 g/mol. The summed E-state index contributed by atoms with van der Waals surface area (Å²) in [5.74, 6) is 0.901. The molecule has 2 N–H and O–H groups in total. The number of fused-ring (bicyclic) bond motifs is 1. The summed E-state index contributed by atoms with van der Waals surface area (Å²) in [6.07, 6.45) is 1.70. The summed E-state index contributed by atoms with van der Waals surface area (Å²) in [6.45, 7) is 0.